The number of carbonyl (C=O) groups is 1. The molecule has 34 heavy (non-hydrogen) atoms. The van der Waals surface area contributed by atoms with Gasteiger partial charge in [-0.05, 0) is 42.9 Å². The van der Waals surface area contributed by atoms with Crippen molar-refractivity contribution in [3.05, 3.63) is 53.3 Å². The SMILES string of the molecule is COc1cc(Nc2ncc(C(F)(F)F)c(Nc3ccc(C)cc3NC(=O)CCS)n2)c(C)cn1. The Balaban J connectivity index is 2.00. The molecule has 0 unspecified atom stereocenters. The molecule has 3 aromatic rings. The van der Waals surface area contributed by atoms with E-state index in [4.69, 9.17) is 4.74 Å². The Hall–Kier alpha value is -3.54. The normalized spacial score (nSPS) is 11.1. The minimum atomic E-state index is -4.71. The largest absolute Gasteiger partial charge is 0.481 e. The molecule has 0 saturated carbocycles. The molecule has 2 aromatic heterocycles. The predicted octanol–water partition coefficient (Wildman–Crippen LogP) is 5.26. The second-order valence-corrected chi connectivity index (χ2v) is 7.76. The number of nitrogens with one attached hydrogen (secondary N) is 3. The first kappa shape index (κ1) is 25.1. The molecule has 0 bridgehead atoms. The van der Waals surface area contributed by atoms with E-state index >= 15 is 0 Å². The van der Waals surface area contributed by atoms with Crippen LogP contribution in [0.2, 0.25) is 0 Å². The van der Waals surface area contributed by atoms with Crippen LogP contribution in [-0.2, 0) is 11.0 Å². The zero-order chi connectivity index (χ0) is 24.9. The van der Waals surface area contributed by atoms with E-state index in [9.17, 15) is 18.0 Å². The van der Waals surface area contributed by atoms with Crippen molar-refractivity contribution < 1.29 is 22.7 Å². The number of aromatic nitrogens is 3. The quantitative estimate of drug-likeness (QED) is 0.318. The molecule has 0 fully saturated rings. The van der Waals surface area contributed by atoms with Gasteiger partial charge in [-0.1, -0.05) is 6.07 Å². The molecule has 12 heteroatoms. The van der Waals surface area contributed by atoms with Gasteiger partial charge in [-0.15, -0.1) is 0 Å². The fourth-order valence-corrected chi connectivity index (χ4v) is 3.13. The fraction of sp³-hybridized carbons (Fsp3) is 0.273. The second-order valence-electron chi connectivity index (χ2n) is 7.32. The van der Waals surface area contributed by atoms with Crippen molar-refractivity contribution in [2.45, 2.75) is 26.4 Å². The van der Waals surface area contributed by atoms with Crippen LogP contribution in [0, 0.1) is 13.8 Å². The Morgan fingerprint density at radius 3 is 2.50 bits per heavy atom. The molecule has 3 N–H and O–H groups in total. The Labute approximate surface area is 199 Å². The molecule has 0 saturated heterocycles. The van der Waals surface area contributed by atoms with Crippen LogP contribution in [0.5, 0.6) is 5.88 Å². The summed E-state index contributed by atoms with van der Waals surface area (Å²) in [6.07, 6.45) is -2.31. The number of halogens is 3. The minimum Gasteiger partial charge on any atom is -0.481 e. The summed E-state index contributed by atoms with van der Waals surface area (Å²) in [6.45, 7) is 3.57. The molecule has 0 aliphatic heterocycles. The molecular formula is C22H23F3N6O2S. The van der Waals surface area contributed by atoms with E-state index in [0.29, 0.717) is 34.8 Å². The van der Waals surface area contributed by atoms with Gasteiger partial charge in [-0.3, -0.25) is 4.79 Å². The maximum Gasteiger partial charge on any atom is 0.421 e. The van der Waals surface area contributed by atoms with Gasteiger partial charge in [0.2, 0.25) is 17.7 Å². The molecule has 0 aliphatic carbocycles. The van der Waals surface area contributed by atoms with Crippen LogP contribution in [-0.4, -0.2) is 33.7 Å². The van der Waals surface area contributed by atoms with E-state index in [2.05, 4.69) is 43.5 Å². The van der Waals surface area contributed by atoms with Gasteiger partial charge in [0.05, 0.1) is 24.2 Å². The van der Waals surface area contributed by atoms with Gasteiger partial charge < -0.3 is 20.7 Å². The Kier molecular flexibility index (Phi) is 7.82. The van der Waals surface area contributed by atoms with E-state index in [1.165, 1.54) is 7.11 Å². The van der Waals surface area contributed by atoms with Crippen LogP contribution in [0.1, 0.15) is 23.1 Å². The zero-order valence-corrected chi connectivity index (χ0v) is 19.5. The average molecular weight is 493 g/mol. The third kappa shape index (κ3) is 6.28. The van der Waals surface area contributed by atoms with Crippen molar-refractivity contribution in [3.8, 4) is 5.88 Å². The number of thiol groups is 1. The highest BCUT2D eigenvalue weighted by molar-refractivity contribution is 7.80. The molecule has 0 aliphatic rings. The van der Waals surface area contributed by atoms with E-state index in [0.717, 1.165) is 5.56 Å². The summed E-state index contributed by atoms with van der Waals surface area (Å²) in [7, 11) is 1.45. The number of alkyl halides is 3. The summed E-state index contributed by atoms with van der Waals surface area (Å²) in [5, 5.41) is 8.29. The van der Waals surface area contributed by atoms with Gasteiger partial charge in [0.15, 0.2) is 0 Å². The van der Waals surface area contributed by atoms with Crippen LogP contribution < -0.4 is 20.7 Å². The lowest BCUT2D eigenvalue weighted by atomic mass is 10.1. The van der Waals surface area contributed by atoms with Crippen molar-refractivity contribution in [3.63, 3.8) is 0 Å². The van der Waals surface area contributed by atoms with E-state index in [1.807, 2.05) is 0 Å². The number of anilines is 5. The highest BCUT2D eigenvalue weighted by atomic mass is 32.1. The van der Waals surface area contributed by atoms with Crippen molar-refractivity contribution in [1.29, 1.82) is 0 Å². The second kappa shape index (κ2) is 10.6. The minimum absolute atomic E-state index is 0.0698. The summed E-state index contributed by atoms with van der Waals surface area (Å²) in [5.74, 6) is -0.206. The lowest BCUT2D eigenvalue weighted by molar-refractivity contribution is -0.137. The third-order valence-corrected chi connectivity index (χ3v) is 4.89. The first-order valence-electron chi connectivity index (χ1n) is 10.1. The van der Waals surface area contributed by atoms with Crippen LogP contribution in [0.4, 0.5) is 42.0 Å². The lowest BCUT2D eigenvalue weighted by Gasteiger charge is -2.18. The van der Waals surface area contributed by atoms with Crippen LogP contribution in [0.3, 0.4) is 0 Å². The summed E-state index contributed by atoms with van der Waals surface area (Å²) >= 11 is 4.03. The van der Waals surface area contributed by atoms with E-state index < -0.39 is 17.6 Å². The van der Waals surface area contributed by atoms with Crippen LogP contribution >= 0.6 is 12.6 Å². The van der Waals surface area contributed by atoms with E-state index in [-0.39, 0.29) is 24.0 Å². The monoisotopic (exact) mass is 492 g/mol. The molecule has 8 nitrogen and oxygen atoms in total. The summed E-state index contributed by atoms with van der Waals surface area (Å²) in [5.41, 5.74) is 1.56. The van der Waals surface area contributed by atoms with Gasteiger partial charge in [0.1, 0.15) is 11.4 Å². The summed E-state index contributed by atoms with van der Waals surface area (Å²) in [4.78, 5) is 24.0. The zero-order valence-electron chi connectivity index (χ0n) is 18.6. The highest BCUT2D eigenvalue weighted by Crippen LogP contribution is 2.37. The lowest BCUT2D eigenvalue weighted by Crippen LogP contribution is -2.15. The van der Waals surface area contributed by atoms with Crippen LogP contribution in [0.25, 0.3) is 0 Å². The fourth-order valence-electron chi connectivity index (χ4n) is 2.93. The number of carbonyl (C=O) groups excluding carboxylic acids is 1. The standard InChI is InChI=1S/C22H23F3N6O2S/c1-12-4-5-15(17(8-12)28-18(32)6-7-34)29-20-14(22(23,24)25)11-27-21(31-20)30-16-9-19(33-3)26-10-13(16)2/h4-5,8-11,34H,6-7H2,1-3H3,(H,28,32)(H2,26,27,29,30,31). The maximum absolute atomic E-state index is 13.7. The molecular weight excluding hydrogens is 469 g/mol. The first-order chi connectivity index (χ1) is 16.1. The van der Waals surface area contributed by atoms with E-state index in [1.54, 1.807) is 44.3 Å². The molecule has 0 radical (unpaired) electrons. The van der Waals surface area contributed by atoms with Crippen LogP contribution in [0.15, 0.2) is 36.7 Å². The molecule has 2 heterocycles. The number of rotatable bonds is 8. The molecule has 180 valence electrons. The summed E-state index contributed by atoms with van der Waals surface area (Å²) in [6, 6.07) is 6.51. The molecule has 0 spiro atoms. The number of nitrogens with zero attached hydrogens (tertiary/aromatic N) is 3. The Morgan fingerprint density at radius 1 is 1.06 bits per heavy atom. The molecule has 1 aromatic carbocycles. The number of hydrogen-bond donors (Lipinski definition) is 4. The van der Waals surface area contributed by atoms with Gasteiger partial charge in [-0.2, -0.15) is 30.8 Å². The van der Waals surface area contributed by atoms with Gasteiger partial charge in [0, 0.05) is 24.9 Å². The van der Waals surface area contributed by atoms with Crippen molar-refractivity contribution in [2.75, 3.05) is 28.8 Å². The smallest absolute Gasteiger partial charge is 0.421 e. The number of methoxy groups -OCH3 is 1. The third-order valence-electron chi connectivity index (χ3n) is 4.67. The summed E-state index contributed by atoms with van der Waals surface area (Å²) < 4.78 is 46.2. The molecule has 3 rings (SSSR count). The van der Waals surface area contributed by atoms with Crippen molar-refractivity contribution in [1.82, 2.24) is 15.0 Å². The molecule has 1 amide bonds. The highest BCUT2D eigenvalue weighted by Gasteiger charge is 2.35. The van der Waals surface area contributed by atoms with Crippen molar-refractivity contribution in [2.24, 2.45) is 0 Å². The average Bonchev–Trinajstić information content (AvgIpc) is 2.76. The number of pyridine rings is 1. The predicted molar refractivity (Wildman–Crippen MR) is 127 cm³/mol. The van der Waals surface area contributed by atoms with Crippen molar-refractivity contribution >= 4 is 47.4 Å². The number of hydrogen-bond acceptors (Lipinski definition) is 8. The van der Waals surface area contributed by atoms with Gasteiger partial charge in [-0.25, -0.2) is 9.97 Å². The topological polar surface area (TPSA) is 101 Å². The number of ether oxygens (including phenoxy) is 1. The number of benzene rings is 1. The Morgan fingerprint density at radius 2 is 1.82 bits per heavy atom. The van der Waals surface area contributed by atoms with Gasteiger partial charge >= 0.3 is 6.18 Å². The number of aryl methyl sites for hydroxylation is 2. The maximum atomic E-state index is 13.7. The van der Waals surface area contributed by atoms with Gasteiger partial charge in [0.25, 0.3) is 0 Å². The first-order valence-corrected chi connectivity index (χ1v) is 10.7. The molecule has 0 atom stereocenters. The number of amides is 1. The Bertz CT molecular complexity index is 1190.